The molecule has 0 fully saturated rings. The molecule has 1 heterocycles. The number of anilines is 1. The van der Waals surface area contributed by atoms with Crippen LogP contribution in [0.2, 0.25) is 5.02 Å². The normalized spacial score (nSPS) is 17.6. The maximum absolute atomic E-state index is 6.06. The van der Waals surface area contributed by atoms with Crippen LogP contribution in [0.5, 0.6) is 5.75 Å². The second kappa shape index (κ2) is 5.37. The van der Waals surface area contributed by atoms with Gasteiger partial charge in [-0.1, -0.05) is 11.6 Å². The van der Waals surface area contributed by atoms with Gasteiger partial charge < -0.3 is 10.1 Å². The Hall–Kier alpha value is -1.68. The fourth-order valence-electron chi connectivity index (χ4n) is 2.81. The number of fused-ring (bicyclic) bond motifs is 1. The molecule has 0 amide bonds. The smallest absolute Gasteiger partial charge is 0.139 e. The van der Waals surface area contributed by atoms with Gasteiger partial charge in [0, 0.05) is 30.1 Å². The first-order valence-electron chi connectivity index (χ1n) is 6.80. The molecule has 1 aliphatic rings. The zero-order chi connectivity index (χ0) is 14.1. The summed E-state index contributed by atoms with van der Waals surface area (Å²) in [6.45, 7) is 0. The summed E-state index contributed by atoms with van der Waals surface area (Å²) in [5.41, 5.74) is 3.65. The molecular weight excluding hydrogens is 274 g/mol. The van der Waals surface area contributed by atoms with Crippen molar-refractivity contribution in [3.8, 4) is 5.75 Å². The summed E-state index contributed by atoms with van der Waals surface area (Å²) in [6, 6.07) is 6.08. The molecule has 0 saturated heterocycles. The third-order valence-electron chi connectivity index (χ3n) is 3.87. The minimum absolute atomic E-state index is 0.304. The molecule has 1 atom stereocenters. The van der Waals surface area contributed by atoms with Gasteiger partial charge in [-0.05, 0) is 31.4 Å². The summed E-state index contributed by atoms with van der Waals surface area (Å²) in [7, 11) is 3.64. The molecule has 0 bridgehead atoms. The van der Waals surface area contributed by atoms with E-state index in [-0.39, 0.29) is 0 Å². The molecule has 0 spiro atoms. The zero-order valence-corrected chi connectivity index (χ0v) is 12.4. The highest BCUT2D eigenvalue weighted by atomic mass is 35.5. The second-order valence-electron chi connectivity index (χ2n) is 5.11. The molecule has 1 aromatic heterocycles. The van der Waals surface area contributed by atoms with Crippen molar-refractivity contribution in [1.82, 2.24) is 9.78 Å². The van der Waals surface area contributed by atoms with Crippen LogP contribution in [0.4, 0.5) is 5.69 Å². The highest BCUT2D eigenvalue weighted by Crippen LogP contribution is 2.34. The lowest BCUT2D eigenvalue weighted by Crippen LogP contribution is -2.17. The Kier molecular flexibility index (Phi) is 3.57. The van der Waals surface area contributed by atoms with E-state index >= 15 is 0 Å². The van der Waals surface area contributed by atoms with Crippen LogP contribution in [0.1, 0.15) is 30.1 Å². The van der Waals surface area contributed by atoms with Crippen LogP contribution in [-0.2, 0) is 13.5 Å². The van der Waals surface area contributed by atoms with Gasteiger partial charge in [-0.25, -0.2) is 0 Å². The summed E-state index contributed by atoms with van der Waals surface area (Å²) in [5, 5.41) is 8.56. The predicted molar refractivity (Wildman–Crippen MR) is 80.5 cm³/mol. The molecule has 4 nitrogen and oxygen atoms in total. The molecular formula is C15H18ClN3O. The van der Waals surface area contributed by atoms with Crippen molar-refractivity contribution in [3.63, 3.8) is 0 Å². The van der Waals surface area contributed by atoms with Gasteiger partial charge in [0.1, 0.15) is 5.75 Å². The Labute approximate surface area is 123 Å². The van der Waals surface area contributed by atoms with Gasteiger partial charge in [-0.2, -0.15) is 5.10 Å². The van der Waals surface area contributed by atoms with E-state index in [0.717, 1.165) is 18.5 Å². The van der Waals surface area contributed by atoms with Crippen LogP contribution in [-0.4, -0.2) is 16.9 Å². The molecule has 0 radical (unpaired) electrons. The van der Waals surface area contributed by atoms with Gasteiger partial charge in [0.2, 0.25) is 0 Å². The van der Waals surface area contributed by atoms with E-state index in [0.29, 0.717) is 16.8 Å². The third-order valence-corrected chi connectivity index (χ3v) is 4.18. The van der Waals surface area contributed by atoms with Crippen molar-refractivity contribution < 1.29 is 4.74 Å². The van der Waals surface area contributed by atoms with Gasteiger partial charge in [0.15, 0.2) is 0 Å². The monoisotopic (exact) mass is 291 g/mol. The first-order chi connectivity index (χ1) is 9.69. The Balaban J connectivity index is 1.85. The lowest BCUT2D eigenvalue weighted by Gasteiger charge is -2.25. The number of hydrogen-bond donors (Lipinski definition) is 1. The number of aryl methyl sites for hydroxylation is 1. The minimum Gasteiger partial charge on any atom is -0.495 e. The van der Waals surface area contributed by atoms with Crippen molar-refractivity contribution in [2.45, 2.75) is 25.3 Å². The maximum atomic E-state index is 6.06. The van der Waals surface area contributed by atoms with Gasteiger partial charge in [0.05, 0.1) is 24.4 Å². The molecule has 1 unspecified atom stereocenters. The van der Waals surface area contributed by atoms with E-state index in [1.54, 1.807) is 7.11 Å². The maximum Gasteiger partial charge on any atom is 0.139 e. The van der Waals surface area contributed by atoms with Crippen LogP contribution in [0.15, 0.2) is 24.4 Å². The van der Waals surface area contributed by atoms with Crippen molar-refractivity contribution in [1.29, 1.82) is 0 Å². The van der Waals surface area contributed by atoms with Gasteiger partial charge >= 0.3 is 0 Å². The Morgan fingerprint density at radius 2 is 2.30 bits per heavy atom. The standard InChI is InChI=1S/C15H18ClN3O/c1-19-14-5-3-4-13(11(14)9-17-19)18-10-6-7-12(16)15(8-10)20-2/h6-9,13,18H,3-5H2,1-2H3. The number of aromatic nitrogens is 2. The fraction of sp³-hybridized carbons (Fsp3) is 0.400. The van der Waals surface area contributed by atoms with Gasteiger partial charge in [-0.15, -0.1) is 0 Å². The SMILES string of the molecule is COc1cc(NC2CCCc3c2cnn3C)ccc1Cl. The Morgan fingerprint density at radius 3 is 3.10 bits per heavy atom. The lowest BCUT2D eigenvalue weighted by atomic mass is 9.93. The summed E-state index contributed by atoms with van der Waals surface area (Å²) >= 11 is 6.06. The summed E-state index contributed by atoms with van der Waals surface area (Å²) < 4.78 is 7.24. The van der Waals surface area contributed by atoms with Crippen molar-refractivity contribution in [3.05, 3.63) is 40.7 Å². The number of hydrogen-bond acceptors (Lipinski definition) is 3. The molecule has 0 saturated carbocycles. The quantitative estimate of drug-likeness (QED) is 0.939. The van der Waals surface area contributed by atoms with Crippen LogP contribution in [0.25, 0.3) is 0 Å². The molecule has 2 aromatic rings. The first kappa shape index (κ1) is 13.3. The Morgan fingerprint density at radius 1 is 1.45 bits per heavy atom. The number of halogens is 1. The lowest BCUT2D eigenvalue weighted by molar-refractivity contribution is 0.415. The number of methoxy groups -OCH3 is 1. The molecule has 5 heteroatoms. The number of ether oxygens (including phenoxy) is 1. The van der Waals surface area contributed by atoms with Gasteiger partial charge in [-0.3, -0.25) is 4.68 Å². The average molecular weight is 292 g/mol. The minimum atomic E-state index is 0.304. The molecule has 106 valence electrons. The molecule has 1 N–H and O–H groups in total. The molecule has 1 aromatic carbocycles. The fourth-order valence-corrected chi connectivity index (χ4v) is 3.00. The number of nitrogens with zero attached hydrogens (tertiary/aromatic N) is 2. The first-order valence-corrected chi connectivity index (χ1v) is 7.17. The number of rotatable bonds is 3. The topological polar surface area (TPSA) is 39.1 Å². The van der Waals surface area contributed by atoms with E-state index in [2.05, 4.69) is 10.4 Å². The highest BCUT2D eigenvalue weighted by Gasteiger charge is 2.23. The number of benzene rings is 1. The van der Waals surface area contributed by atoms with Crippen LogP contribution in [0.3, 0.4) is 0 Å². The Bertz CT molecular complexity index is 624. The van der Waals surface area contributed by atoms with Crippen molar-refractivity contribution >= 4 is 17.3 Å². The van der Waals surface area contributed by atoms with E-state index in [1.165, 1.54) is 17.7 Å². The van der Waals surface area contributed by atoms with E-state index in [9.17, 15) is 0 Å². The summed E-state index contributed by atoms with van der Waals surface area (Å²) in [6.07, 6.45) is 5.37. The largest absolute Gasteiger partial charge is 0.495 e. The highest BCUT2D eigenvalue weighted by molar-refractivity contribution is 6.32. The van der Waals surface area contributed by atoms with Gasteiger partial charge in [0.25, 0.3) is 0 Å². The molecule has 3 rings (SSSR count). The summed E-state index contributed by atoms with van der Waals surface area (Å²) in [5.74, 6) is 0.693. The van der Waals surface area contributed by atoms with Crippen LogP contribution < -0.4 is 10.1 Å². The van der Waals surface area contributed by atoms with E-state index in [4.69, 9.17) is 16.3 Å². The van der Waals surface area contributed by atoms with Crippen molar-refractivity contribution in [2.24, 2.45) is 7.05 Å². The predicted octanol–water partition coefficient (Wildman–Crippen LogP) is 3.57. The van der Waals surface area contributed by atoms with Crippen molar-refractivity contribution in [2.75, 3.05) is 12.4 Å². The molecule has 0 aliphatic heterocycles. The molecule has 1 aliphatic carbocycles. The average Bonchev–Trinajstić information content (AvgIpc) is 2.84. The van der Waals surface area contributed by atoms with Crippen LogP contribution >= 0.6 is 11.6 Å². The number of nitrogens with one attached hydrogen (secondary N) is 1. The zero-order valence-electron chi connectivity index (χ0n) is 11.7. The van der Waals surface area contributed by atoms with E-state index in [1.807, 2.05) is 36.1 Å². The second-order valence-corrected chi connectivity index (χ2v) is 5.52. The van der Waals surface area contributed by atoms with Crippen LogP contribution in [0, 0.1) is 0 Å². The third kappa shape index (κ3) is 2.36. The van der Waals surface area contributed by atoms with E-state index < -0.39 is 0 Å². The summed E-state index contributed by atoms with van der Waals surface area (Å²) in [4.78, 5) is 0. The molecule has 20 heavy (non-hydrogen) atoms.